The molecule has 0 unspecified atom stereocenters. The van der Waals surface area contributed by atoms with E-state index in [1.165, 1.54) is 22.0 Å². The molecule has 0 amide bonds. The van der Waals surface area contributed by atoms with Crippen LogP contribution in [0.25, 0.3) is 22.0 Å². The van der Waals surface area contributed by atoms with Crippen LogP contribution < -0.4 is 0 Å². The highest BCUT2D eigenvalue weighted by Gasteiger charge is 2.06. The first kappa shape index (κ1) is 9.22. The third-order valence-electron chi connectivity index (χ3n) is 2.92. The smallest absolute Gasteiger partial charge is 0.0484 e. The lowest BCUT2D eigenvalue weighted by molar-refractivity contribution is 0.970. The minimum absolute atomic E-state index is 1.25. The van der Waals surface area contributed by atoms with Gasteiger partial charge >= 0.3 is 0 Å². The van der Waals surface area contributed by atoms with Crippen molar-refractivity contribution in [2.45, 2.75) is 0 Å². The first-order valence-corrected chi connectivity index (χ1v) is 5.37. The molecule has 0 spiro atoms. The zero-order valence-electron chi connectivity index (χ0n) is 9.14. The van der Waals surface area contributed by atoms with Gasteiger partial charge in [-0.2, -0.15) is 0 Å². The maximum atomic E-state index is 3.15. The van der Waals surface area contributed by atoms with Crippen molar-refractivity contribution in [2.75, 3.05) is 0 Å². The van der Waals surface area contributed by atoms with Gasteiger partial charge < -0.3 is 4.57 Å². The fraction of sp³-hybridized carbons (Fsp3) is 0.0667. The van der Waals surface area contributed by atoms with Gasteiger partial charge in [0.2, 0.25) is 0 Å². The van der Waals surface area contributed by atoms with Crippen molar-refractivity contribution in [3.8, 4) is 11.1 Å². The van der Waals surface area contributed by atoms with Crippen molar-refractivity contribution in [1.29, 1.82) is 0 Å². The second kappa shape index (κ2) is 3.53. The van der Waals surface area contributed by atoms with Crippen LogP contribution in [0.3, 0.4) is 0 Å². The zero-order valence-corrected chi connectivity index (χ0v) is 9.14. The quantitative estimate of drug-likeness (QED) is 0.572. The van der Waals surface area contributed by atoms with Crippen LogP contribution in [0, 0.1) is 6.07 Å². The van der Waals surface area contributed by atoms with Gasteiger partial charge in [0, 0.05) is 29.7 Å². The number of aromatic nitrogens is 1. The third kappa shape index (κ3) is 1.33. The Bertz CT molecular complexity index is 620. The van der Waals surface area contributed by atoms with E-state index in [-0.39, 0.29) is 0 Å². The topological polar surface area (TPSA) is 4.93 Å². The van der Waals surface area contributed by atoms with Crippen LogP contribution in [0.1, 0.15) is 0 Å². The number of fused-ring (bicyclic) bond motifs is 1. The molecule has 0 bridgehead atoms. The first-order chi connectivity index (χ1) is 7.86. The highest BCUT2D eigenvalue weighted by molar-refractivity contribution is 5.95. The largest absolute Gasteiger partial charge is 0.350 e. The van der Waals surface area contributed by atoms with Crippen LogP contribution >= 0.6 is 0 Å². The Morgan fingerprint density at radius 3 is 2.69 bits per heavy atom. The standard InChI is InChI=1S/C15H12N/c1-16-11-14(12-7-3-2-4-8-12)13-9-5-6-10-15(13)16/h2-4,6-11H,1H3. The summed E-state index contributed by atoms with van der Waals surface area (Å²) in [6, 6.07) is 19.7. The van der Waals surface area contributed by atoms with Gasteiger partial charge in [-0.25, -0.2) is 0 Å². The molecule has 16 heavy (non-hydrogen) atoms. The number of rotatable bonds is 1. The van der Waals surface area contributed by atoms with Crippen LogP contribution in [-0.2, 0) is 7.05 Å². The molecular weight excluding hydrogens is 194 g/mol. The third-order valence-corrected chi connectivity index (χ3v) is 2.92. The molecule has 3 aromatic rings. The van der Waals surface area contributed by atoms with E-state index in [1.807, 2.05) is 12.1 Å². The normalized spacial score (nSPS) is 10.8. The number of nitrogens with zero attached hydrogens (tertiary/aromatic N) is 1. The molecule has 0 fully saturated rings. The number of aryl methyl sites for hydroxylation is 1. The van der Waals surface area contributed by atoms with Crippen molar-refractivity contribution in [2.24, 2.45) is 7.05 Å². The van der Waals surface area contributed by atoms with E-state index >= 15 is 0 Å². The predicted octanol–water partition coefficient (Wildman–Crippen LogP) is 3.65. The summed E-state index contributed by atoms with van der Waals surface area (Å²) in [5.74, 6) is 0. The average molecular weight is 206 g/mol. The highest BCUT2D eigenvalue weighted by atomic mass is 14.9. The number of benzene rings is 2. The van der Waals surface area contributed by atoms with Gasteiger partial charge in [-0.1, -0.05) is 36.4 Å². The average Bonchev–Trinajstić information content (AvgIpc) is 2.69. The van der Waals surface area contributed by atoms with Crippen molar-refractivity contribution in [1.82, 2.24) is 4.57 Å². The van der Waals surface area contributed by atoms with E-state index in [1.54, 1.807) is 0 Å². The molecule has 77 valence electrons. The second-order valence-corrected chi connectivity index (χ2v) is 3.96. The summed E-state index contributed by atoms with van der Waals surface area (Å²) in [6.07, 6.45) is 2.17. The molecule has 0 saturated heterocycles. The minimum Gasteiger partial charge on any atom is -0.350 e. The Morgan fingerprint density at radius 1 is 1.06 bits per heavy atom. The molecule has 0 saturated carbocycles. The molecular formula is C15H12N. The van der Waals surface area contributed by atoms with Crippen LogP contribution in [0.5, 0.6) is 0 Å². The number of hydrogen-bond donors (Lipinski definition) is 0. The molecule has 0 aliphatic rings. The monoisotopic (exact) mass is 206 g/mol. The lowest BCUT2D eigenvalue weighted by Gasteiger charge is -1.97. The predicted molar refractivity (Wildman–Crippen MR) is 67.2 cm³/mol. The fourth-order valence-electron chi connectivity index (χ4n) is 2.13. The maximum Gasteiger partial charge on any atom is 0.0484 e. The Hall–Kier alpha value is -2.02. The van der Waals surface area contributed by atoms with Gasteiger partial charge in [0.1, 0.15) is 0 Å². The molecule has 1 radical (unpaired) electrons. The molecule has 1 aromatic heterocycles. The molecule has 0 aliphatic carbocycles. The summed E-state index contributed by atoms with van der Waals surface area (Å²) in [7, 11) is 2.08. The molecule has 1 nitrogen and oxygen atoms in total. The van der Waals surface area contributed by atoms with E-state index in [0.717, 1.165) is 0 Å². The number of hydrogen-bond acceptors (Lipinski definition) is 0. The summed E-state index contributed by atoms with van der Waals surface area (Å²) >= 11 is 0. The van der Waals surface area contributed by atoms with Crippen molar-refractivity contribution in [3.63, 3.8) is 0 Å². The zero-order chi connectivity index (χ0) is 11.0. The van der Waals surface area contributed by atoms with E-state index in [9.17, 15) is 0 Å². The van der Waals surface area contributed by atoms with Crippen molar-refractivity contribution < 1.29 is 0 Å². The van der Waals surface area contributed by atoms with E-state index in [0.29, 0.717) is 0 Å². The lowest BCUT2D eigenvalue weighted by Crippen LogP contribution is -1.81. The Kier molecular flexibility index (Phi) is 2.03. The molecule has 1 heterocycles. The summed E-state index contributed by atoms with van der Waals surface area (Å²) in [5, 5.41) is 1.26. The Balaban J connectivity index is 2.33. The summed E-state index contributed by atoms with van der Waals surface area (Å²) in [4.78, 5) is 0. The minimum atomic E-state index is 1.25. The Morgan fingerprint density at radius 2 is 1.88 bits per heavy atom. The van der Waals surface area contributed by atoms with Gasteiger partial charge in [0.25, 0.3) is 0 Å². The van der Waals surface area contributed by atoms with Gasteiger partial charge in [0.15, 0.2) is 0 Å². The van der Waals surface area contributed by atoms with Gasteiger partial charge in [-0.15, -0.1) is 0 Å². The SMILES string of the molecule is Cn1cc(-c2ccccc2)c2c[c]ccc21. The second-order valence-electron chi connectivity index (χ2n) is 3.96. The molecule has 0 N–H and O–H groups in total. The van der Waals surface area contributed by atoms with Crippen LogP contribution in [0.2, 0.25) is 0 Å². The molecule has 0 atom stereocenters. The fourth-order valence-corrected chi connectivity index (χ4v) is 2.13. The van der Waals surface area contributed by atoms with Crippen molar-refractivity contribution in [3.05, 3.63) is 60.8 Å². The van der Waals surface area contributed by atoms with E-state index in [2.05, 4.69) is 60.3 Å². The molecule has 3 rings (SSSR count). The van der Waals surface area contributed by atoms with Crippen LogP contribution in [0.4, 0.5) is 0 Å². The molecule has 1 heteroatoms. The van der Waals surface area contributed by atoms with E-state index < -0.39 is 0 Å². The lowest BCUT2D eigenvalue weighted by atomic mass is 10.1. The van der Waals surface area contributed by atoms with Crippen LogP contribution in [-0.4, -0.2) is 4.57 Å². The van der Waals surface area contributed by atoms with Crippen molar-refractivity contribution >= 4 is 10.9 Å². The highest BCUT2D eigenvalue weighted by Crippen LogP contribution is 2.29. The summed E-state index contributed by atoms with van der Waals surface area (Å²) in [6.45, 7) is 0. The van der Waals surface area contributed by atoms with Gasteiger partial charge in [-0.05, 0) is 23.8 Å². The van der Waals surface area contributed by atoms with Gasteiger partial charge in [-0.3, -0.25) is 0 Å². The summed E-state index contributed by atoms with van der Waals surface area (Å²) < 4.78 is 2.16. The van der Waals surface area contributed by atoms with Crippen LogP contribution in [0.15, 0.2) is 54.7 Å². The summed E-state index contributed by atoms with van der Waals surface area (Å²) in [5.41, 5.74) is 3.78. The Labute approximate surface area is 95.0 Å². The molecule has 0 aliphatic heterocycles. The molecule has 2 aromatic carbocycles. The maximum absolute atomic E-state index is 3.15. The first-order valence-electron chi connectivity index (χ1n) is 5.37. The van der Waals surface area contributed by atoms with Gasteiger partial charge in [0.05, 0.1) is 0 Å². The van der Waals surface area contributed by atoms with E-state index in [4.69, 9.17) is 0 Å².